The average molecular weight is 435 g/mol. The largest absolute Gasteiger partial charge is 0.489 e. The number of carbonyl (C=O) groups is 2. The first-order valence-electron chi connectivity index (χ1n) is 9.41. The third-order valence-corrected chi connectivity index (χ3v) is 5.87. The van der Waals surface area contributed by atoms with E-state index >= 15 is 0 Å². The van der Waals surface area contributed by atoms with Crippen molar-refractivity contribution < 1.29 is 18.7 Å². The van der Waals surface area contributed by atoms with Crippen molar-refractivity contribution in [2.45, 2.75) is 39.2 Å². The smallest absolute Gasteiger partial charge is 0.258 e. The van der Waals surface area contributed by atoms with Gasteiger partial charge in [-0.2, -0.15) is 0 Å². The van der Waals surface area contributed by atoms with Crippen LogP contribution in [0.5, 0.6) is 5.75 Å². The predicted octanol–water partition coefficient (Wildman–Crippen LogP) is 4.50. The molecular weight excluding hydrogens is 415 g/mol. The Balaban J connectivity index is 1.66. The fourth-order valence-corrected chi connectivity index (χ4v) is 4.40. The SMILES string of the molecule is CC1=NC(=O)C(CN2CCc3c(Cl)cc(OC(C)C)c(Cl)c3C2=O)c2occc21. The van der Waals surface area contributed by atoms with Gasteiger partial charge in [-0.1, -0.05) is 23.2 Å². The molecule has 8 heteroatoms. The second kappa shape index (κ2) is 7.50. The summed E-state index contributed by atoms with van der Waals surface area (Å²) in [5.74, 6) is -0.312. The molecule has 1 aromatic carbocycles. The highest BCUT2D eigenvalue weighted by molar-refractivity contribution is 6.38. The van der Waals surface area contributed by atoms with E-state index in [-0.39, 0.29) is 29.5 Å². The molecule has 6 nitrogen and oxygen atoms in total. The summed E-state index contributed by atoms with van der Waals surface area (Å²) in [4.78, 5) is 31.5. The highest BCUT2D eigenvalue weighted by atomic mass is 35.5. The van der Waals surface area contributed by atoms with Gasteiger partial charge in [0.25, 0.3) is 11.8 Å². The van der Waals surface area contributed by atoms with Crippen molar-refractivity contribution in [2.24, 2.45) is 4.99 Å². The molecule has 4 rings (SSSR count). The number of hydrogen-bond acceptors (Lipinski definition) is 4. The van der Waals surface area contributed by atoms with Gasteiger partial charge in [0.05, 0.1) is 28.7 Å². The van der Waals surface area contributed by atoms with Crippen LogP contribution in [0.2, 0.25) is 10.0 Å². The topological polar surface area (TPSA) is 72.1 Å². The molecule has 0 aliphatic carbocycles. The summed E-state index contributed by atoms with van der Waals surface area (Å²) in [6.07, 6.45) is 1.96. The van der Waals surface area contributed by atoms with Gasteiger partial charge in [0, 0.05) is 29.7 Å². The molecule has 2 aliphatic heterocycles. The molecule has 1 aromatic heterocycles. The van der Waals surface area contributed by atoms with Crippen LogP contribution in [-0.4, -0.2) is 41.6 Å². The van der Waals surface area contributed by atoms with Crippen molar-refractivity contribution in [3.8, 4) is 5.75 Å². The van der Waals surface area contributed by atoms with E-state index in [1.807, 2.05) is 13.8 Å². The lowest BCUT2D eigenvalue weighted by Crippen LogP contribution is -2.42. The molecule has 0 fully saturated rings. The zero-order chi connectivity index (χ0) is 20.9. The number of nitrogens with zero attached hydrogens (tertiary/aromatic N) is 2. The molecule has 0 bridgehead atoms. The number of carbonyl (C=O) groups excluding carboxylic acids is 2. The zero-order valence-corrected chi connectivity index (χ0v) is 17.8. The first kappa shape index (κ1) is 20.0. The van der Waals surface area contributed by atoms with E-state index < -0.39 is 5.92 Å². The molecule has 1 atom stereocenters. The zero-order valence-electron chi connectivity index (χ0n) is 16.3. The minimum atomic E-state index is -0.640. The fraction of sp³-hybridized carbons (Fsp3) is 0.381. The van der Waals surface area contributed by atoms with Crippen LogP contribution in [-0.2, 0) is 11.2 Å². The molecule has 1 unspecified atom stereocenters. The molecule has 0 N–H and O–H groups in total. The van der Waals surface area contributed by atoms with E-state index in [9.17, 15) is 9.59 Å². The van der Waals surface area contributed by atoms with Crippen LogP contribution < -0.4 is 4.74 Å². The number of furan rings is 1. The molecular formula is C21H20Cl2N2O4. The molecule has 2 aromatic rings. The van der Waals surface area contributed by atoms with E-state index in [2.05, 4.69) is 4.99 Å². The second-order valence-corrected chi connectivity index (χ2v) is 8.26. The van der Waals surface area contributed by atoms with E-state index in [1.54, 1.807) is 24.0 Å². The molecule has 0 spiro atoms. The highest BCUT2D eigenvalue weighted by Gasteiger charge is 2.37. The lowest BCUT2D eigenvalue weighted by atomic mass is 9.93. The summed E-state index contributed by atoms with van der Waals surface area (Å²) in [6, 6.07) is 3.44. The van der Waals surface area contributed by atoms with Crippen LogP contribution in [0.25, 0.3) is 0 Å². The van der Waals surface area contributed by atoms with Gasteiger partial charge in [-0.15, -0.1) is 0 Å². The number of ether oxygens (including phenoxy) is 1. The summed E-state index contributed by atoms with van der Waals surface area (Å²) < 4.78 is 11.3. The van der Waals surface area contributed by atoms with Crippen LogP contribution >= 0.6 is 23.2 Å². The molecule has 2 amide bonds. The standard InChI is InChI=1S/C21H20Cl2N2O4/c1-10(2)29-16-8-15(22)13-4-6-25(21(27)17(13)18(16)23)9-14-19-12(5-7-28-19)11(3)24-20(14)26/h5,7-8,10,14H,4,6,9H2,1-3H3. The molecule has 0 radical (unpaired) electrons. The number of halogens is 2. The summed E-state index contributed by atoms with van der Waals surface area (Å²) in [5.41, 5.74) is 2.46. The molecule has 3 heterocycles. The first-order valence-corrected chi connectivity index (χ1v) is 10.2. The lowest BCUT2D eigenvalue weighted by Gasteiger charge is -2.32. The maximum atomic E-state index is 13.3. The molecule has 0 saturated carbocycles. The van der Waals surface area contributed by atoms with Gasteiger partial charge in [-0.25, -0.2) is 4.99 Å². The van der Waals surface area contributed by atoms with Crippen molar-refractivity contribution in [1.29, 1.82) is 0 Å². The quantitative estimate of drug-likeness (QED) is 0.709. The van der Waals surface area contributed by atoms with E-state index in [1.165, 1.54) is 6.26 Å². The van der Waals surface area contributed by atoms with Crippen molar-refractivity contribution in [3.05, 3.63) is 50.9 Å². The molecule has 0 saturated heterocycles. The Hall–Kier alpha value is -2.31. The Bertz CT molecular complexity index is 1040. The fourth-order valence-electron chi connectivity index (χ4n) is 3.82. The lowest BCUT2D eigenvalue weighted by molar-refractivity contribution is -0.120. The summed E-state index contributed by atoms with van der Waals surface area (Å²) in [7, 11) is 0. The second-order valence-electron chi connectivity index (χ2n) is 7.48. The van der Waals surface area contributed by atoms with Gasteiger partial charge in [0.1, 0.15) is 17.4 Å². The van der Waals surface area contributed by atoms with Crippen LogP contribution in [0.1, 0.15) is 53.9 Å². The Kier molecular flexibility index (Phi) is 5.17. The van der Waals surface area contributed by atoms with Gasteiger partial charge in [0.2, 0.25) is 0 Å². The van der Waals surface area contributed by atoms with Crippen molar-refractivity contribution in [3.63, 3.8) is 0 Å². The van der Waals surface area contributed by atoms with Gasteiger partial charge >= 0.3 is 0 Å². The van der Waals surface area contributed by atoms with Gasteiger partial charge < -0.3 is 14.1 Å². The van der Waals surface area contributed by atoms with E-state index in [0.717, 1.165) is 5.56 Å². The monoisotopic (exact) mass is 434 g/mol. The number of rotatable bonds is 4. The van der Waals surface area contributed by atoms with Gasteiger partial charge in [0.15, 0.2) is 0 Å². The molecule has 2 aliphatic rings. The van der Waals surface area contributed by atoms with Crippen LogP contribution in [0.15, 0.2) is 27.8 Å². The van der Waals surface area contributed by atoms with Crippen LogP contribution in [0, 0.1) is 0 Å². The summed E-state index contributed by atoms with van der Waals surface area (Å²) in [6.45, 7) is 6.10. The van der Waals surface area contributed by atoms with Crippen molar-refractivity contribution in [2.75, 3.05) is 13.1 Å². The summed E-state index contributed by atoms with van der Waals surface area (Å²) in [5, 5.41) is 0.700. The maximum absolute atomic E-state index is 13.3. The Morgan fingerprint density at radius 1 is 1.34 bits per heavy atom. The number of hydrogen-bond donors (Lipinski definition) is 0. The van der Waals surface area contributed by atoms with E-state index in [4.69, 9.17) is 32.4 Å². The third-order valence-electron chi connectivity index (χ3n) is 5.16. The first-order chi connectivity index (χ1) is 13.8. The number of amides is 2. The normalized spacial score (nSPS) is 18.6. The van der Waals surface area contributed by atoms with Crippen molar-refractivity contribution in [1.82, 2.24) is 4.90 Å². The van der Waals surface area contributed by atoms with Crippen LogP contribution in [0.3, 0.4) is 0 Å². The van der Waals surface area contributed by atoms with E-state index in [0.29, 0.717) is 46.3 Å². The minimum absolute atomic E-state index is 0.116. The van der Waals surface area contributed by atoms with Crippen molar-refractivity contribution >= 4 is 40.7 Å². The van der Waals surface area contributed by atoms with Gasteiger partial charge in [-0.05, 0) is 38.8 Å². The maximum Gasteiger partial charge on any atom is 0.258 e. The average Bonchev–Trinajstić information content (AvgIpc) is 3.14. The van der Waals surface area contributed by atoms with Crippen LogP contribution in [0.4, 0.5) is 0 Å². The number of benzene rings is 1. The Labute approximate surface area is 178 Å². The number of aliphatic imine (C=N–C) groups is 1. The highest BCUT2D eigenvalue weighted by Crippen LogP contribution is 2.40. The third kappa shape index (κ3) is 3.45. The minimum Gasteiger partial charge on any atom is -0.489 e. The van der Waals surface area contributed by atoms with Gasteiger partial charge in [-0.3, -0.25) is 9.59 Å². The summed E-state index contributed by atoms with van der Waals surface area (Å²) >= 11 is 12.9. The Morgan fingerprint density at radius 3 is 2.83 bits per heavy atom. The predicted molar refractivity (Wildman–Crippen MR) is 111 cm³/mol. The molecule has 152 valence electrons. The number of fused-ring (bicyclic) bond motifs is 2. The Morgan fingerprint density at radius 2 is 2.10 bits per heavy atom. The molecule has 29 heavy (non-hydrogen) atoms.